The van der Waals surface area contributed by atoms with E-state index in [9.17, 15) is 0 Å². The molecule has 0 N–H and O–H groups in total. The van der Waals surface area contributed by atoms with Gasteiger partial charge >= 0.3 is 0 Å². The zero-order valence-corrected chi connectivity index (χ0v) is 7.79. The second-order valence-corrected chi connectivity index (χ2v) is 3.85. The van der Waals surface area contributed by atoms with Gasteiger partial charge in [-0.3, -0.25) is 5.01 Å². The molecule has 0 aromatic rings. The van der Waals surface area contributed by atoms with E-state index in [-0.39, 0.29) is 0 Å². The average Bonchev–Trinajstić information content (AvgIpc) is 2.32. The molecule has 0 aliphatic carbocycles. The summed E-state index contributed by atoms with van der Waals surface area (Å²) in [5.41, 5.74) is 1.35. The molecule has 0 bridgehead atoms. The molecule has 3 nitrogen and oxygen atoms in total. The molecule has 1 saturated heterocycles. The third-order valence-electron chi connectivity index (χ3n) is 2.56. The van der Waals surface area contributed by atoms with Crippen LogP contribution in [-0.4, -0.2) is 36.5 Å². The van der Waals surface area contributed by atoms with Gasteiger partial charge in [-0.05, 0) is 5.92 Å². The van der Waals surface area contributed by atoms with Crippen LogP contribution in [0.1, 0.15) is 20.3 Å². The number of ether oxygens (including phenoxy) is 1. The van der Waals surface area contributed by atoms with Gasteiger partial charge in [-0.2, -0.15) is 5.10 Å². The van der Waals surface area contributed by atoms with Gasteiger partial charge in [0.05, 0.1) is 19.3 Å². The molecular formula is C9H16N2O. The summed E-state index contributed by atoms with van der Waals surface area (Å²) in [5, 5.41) is 6.77. The number of rotatable bonds is 2. The first kappa shape index (κ1) is 8.05. The van der Waals surface area contributed by atoms with Gasteiger partial charge in [-0.25, -0.2) is 0 Å². The van der Waals surface area contributed by atoms with Crippen molar-refractivity contribution >= 4 is 5.71 Å². The summed E-state index contributed by atoms with van der Waals surface area (Å²) >= 11 is 0. The highest BCUT2D eigenvalue weighted by molar-refractivity contribution is 5.87. The van der Waals surface area contributed by atoms with Gasteiger partial charge in [-0.15, -0.1) is 0 Å². The molecule has 2 aliphatic rings. The predicted molar refractivity (Wildman–Crippen MR) is 48.2 cm³/mol. The maximum Gasteiger partial charge on any atom is 0.0937 e. The molecule has 2 aliphatic heterocycles. The monoisotopic (exact) mass is 168 g/mol. The number of nitrogens with zero attached hydrogens (tertiary/aromatic N) is 2. The fraction of sp³-hybridized carbons (Fsp3) is 0.889. The van der Waals surface area contributed by atoms with Crippen LogP contribution in [0.5, 0.6) is 0 Å². The van der Waals surface area contributed by atoms with Crippen molar-refractivity contribution in [1.82, 2.24) is 5.01 Å². The molecule has 2 rings (SSSR count). The van der Waals surface area contributed by atoms with Gasteiger partial charge in [0, 0.05) is 18.7 Å². The summed E-state index contributed by atoms with van der Waals surface area (Å²) in [6.07, 6.45) is 1.15. The molecule has 1 fully saturated rings. The van der Waals surface area contributed by atoms with Crippen LogP contribution >= 0.6 is 0 Å². The van der Waals surface area contributed by atoms with E-state index in [4.69, 9.17) is 4.74 Å². The van der Waals surface area contributed by atoms with E-state index in [1.807, 2.05) is 0 Å². The third-order valence-corrected chi connectivity index (χ3v) is 2.56. The normalized spacial score (nSPS) is 24.6. The lowest BCUT2D eigenvalue weighted by atomic mass is 10.1. The SMILES string of the molecule is CC(C)C1=NN(C2COC2)CC1. The van der Waals surface area contributed by atoms with E-state index in [1.165, 1.54) is 5.71 Å². The van der Waals surface area contributed by atoms with Crippen LogP contribution in [0.2, 0.25) is 0 Å². The number of hydrogen-bond donors (Lipinski definition) is 0. The van der Waals surface area contributed by atoms with Crippen molar-refractivity contribution in [2.75, 3.05) is 19.8 Å². The van der Waals surface area contributed by atoms with E-state index < -0.39 is 0 Å². The minimum absolute atomic E-state index is 0.571. The fourth-order valence-corrected chi connectivity index (χ4v) is 1.56. The molecule has 0 aromatic carbocycles. The molecule has 0 amide bonds. The van der Waals surface area contributed by atoms with Gasteiger partial charge < -0.3 is 4.74 Å². The average molecular weight is 168 g/mol. The first-order valence-corrected chi connectivity index (χ1v) is 4.69. The zero-order chi connectivity index (χ0) is 8.55. The molecular weight excluding hydrogens is 152 g/mol. The Morgan fingerprint density at radius 1 is 1.50 bits per heavy atom. The number of hydrazone groups is 1. The topological polar surface area (TPSA) is 24.8 Å². The highest BCUT2D eigenvalue weighted by Crippen LogP contribution is 2.19. The first-order valence-electron chi connectivity index (χ1n) is 4.69. The van der Waals surface area contributed by atoms with Crippen LogP contribution < -0.4 is 0 Å². The fourth-order valence-electron chi connectivity index (χ4n) is 1.56. The highest BCUT2D eigenvalue weighted by Gasteiger charge is 2.28. The summed E-state index contributed by atoms with van der Waals surface area (Å²) in [6.45, 7) is 7.25. The van der Waals surface area contributed by atoms with E-state index >= 15 is 0 Å². The summed E-state index contributed by atoms with van der Waals surface area (Å²) < 4.78 is 5.13. The highest BCUT2D eigenvalue weighted by atomic mass is 16.5. The molecule has 0 saturated carbocycles. The van der Waals surface area contributed by atoms with Gasteiger partial charge in [0.15, 0.2) is 0 Å². The Balaban J connectivity index is 1.94. The van der Waals surface area contributed by atoms with Gasteiger partial charge in [-0.1, -0.05) is 13.8 Å². The van der Waals surface area contributed by atoms with Crippen molar-refractivity contribution < 1.29 is 4.74 Å². The van der Waals surface area contributed by atoms with Crippen molar-refractivity contribution in [2.24, 2.45) is 11.0 Å². The summed E-state index contributed by atoms with van der Waals surface area (Å²) in [5.74, 6) is 0.607. The number of hydrogen-bond acceptors (Lipinski definition) is 3. The molecule has 2 heterocycles. The second-order valence-electron chi connectivity index (χ2n) is 3.85. The van der Waals surface area contributed by atoms with Gasteiger partial charge in [0.25, 0.3) is 0 Å². The quantitative estimate of drug-likeness (QED) is 0.617. The standard InChI is InChI=1S/C9H16N2O/c1-7(2)9-3-4-11(10-9)8-5-12-6-8/h7-8H,3-6H2,1-2H3. The Bertz CT molecular complexity index is 197. The Hall–Kier alpha value is -0.570. The van der Waals surface area contributed by atoms with Crippen LogP contribution in [0.25, 0.3) is 0 Å². The lowest BCUT2D eigenvalue weighted by Crippen LogP contribution is -2.45. The maximum absolute atomic E-state index is 5.13. The Morgan fingerprint density at radius 3 is 2.67 bits per heavy atom. The molecule has 68 valence electrons. The minimum Gasteiger partial charge on any atom is -0.377 e. The van der Waals surface area contributed by atoms with Crippen molar-refractivity contribution in [3.05, 3.63) is 0 Å². The Kier molecular flexibility index (Phi) is 2.05. The largest absolute Gasteiger partial charge is 0.377 e. The first-order chi connectivity index (χ1) is 5.77. The molecule has 12 heavy (non-hydrogen) atoms. The molecule has 0 spiro atoms. The van der Waals surface area contributed by atoms with E-state index in [0.717, 1.165) is 26.2 Å². The zero-order valence-electron chi connectivity index (χ0n) is 7.79. The second kappa shape index (κ2) is 3.05. The van der Waals surface area contributed by atoms with E-state index in [2.05, 4.69) is 24.0 Å². The van der Waals surface area contributed by atoms with Gasteiger partial charge in [0.1, 0.15) is 0 Å². The molecule has 0 unspecified atom stereocenters. The summed E-state index contributed by atoms with van der Waals surface area (Å²) in [4.78, 5) is 0. The van der Waals surface area contributed by atoms with Crippen LogP contribution in [0.3, 0.4) is 0 Å². The van der Waals surface area contributed by atoms with Crippen LogP contribution in [0.4, 0.5) is 0 Å². The smallest absolute Gasteiger partial charge is 0.0937 e. The van der Waals surface area contributed by atoms with Crippen LogP contribution in [-0.2, 0) is 4.74 Å². The lowest BCUT2D eigenvalue weighted by Gasteiger charge is -2.32. The van der Waals surface area contributed by atoms with E-state index in [1.54, 1.807) is 0 Å². The third kappa shape index (κ3) is 1.33. The van der Waals surface area contributed by atoms with Crippen molar-refractivity contribution in [2.45, 2.75) is 26.3 Å². The van der Waals surface area contributed by atoms with E-state index in [0.29, 0.717) is 12.0 Å². The van der Waals surface area contributed by atoms with Crippen LogP contribution in [0.15, 0.2) is 5.10 Å². The Labute approximate surface area is 73.4 Å². The van der Waals surface area contributed by atoms with Crippen LogP contribution in [0, 0.1) is 5.92 Å². The summed E-state index contributed by atoms with van der Waals surface area (Å²) in [7, 11) is 0. The maximum atomic E-state index is 5.13. The van der Waals surface area contributed by atoms with Crippen molar-refractivity contribution in [3.8, 4) is 0 Å². The molecule has 0 aromatic heterocycles. The molecule has 0 atom stereocenters. The van der Waals surface area contributed by atoms with Crippen molar-refractivity contribution in [3.63, 3.8) is 0 Å². The molecule has 0 radical (unpaired) electrons. The summed E-state index contributed by atoms with van der Waals surface area (Å²) in [6, 6.07) is 0.571. The molecule has 3 heteroatoms. The van der Waals surface area contributed by atoms with Crippen molar-refractivity contribution in [1.29, 1.82) is 0 Å². The predicted octanol–water partition coefficient (Wildman–Crippen LogP) is 1.10. The lowest BCUT2D eigenvalue weighted by molar-refractivity contribution is -0.0605. The van der Waals surface area contributed by atoms with Gasteiger partial charge in [0.2, 0.25) is 0 Å². The minimum atomic E-state index is 0.571. The Morgan fingerprint density at radius 2 is 2.25 bits per heavy atom.